The maximum absolute atomic E-state index is 12.2. The summed E-state index contributed by atoms with van der Waals surface area (Å²) in [5, 5.41) is 0.194. The van der Waals surface area contributed by atoms with Crippen molar-refractivity contribution in [2.45, 2.75) is 4.90 Å². The monoisotopic (exact) mass is 471 g/mol. The third-order valence-electron chi connectivity index (χ3n) is 2.30. The van der Waals surface area contributed by atoms with Gasteiger partial charge in [0.15, 0.2) is 0 Å². The maximum Gasteiger partial charge on any atom is 0.263 e. The highest BCUT2D eigenvalue weighted by atomic mass is 127. The fraction of sp³-hybridized carbons (Fsp3) is 0. The average Bonchev–Trinajstić information content (AvgIpc) is 2.34. The normalized spacial score (nSPS) is 11.3. The minimum absolute atomic E-state index is 0.0614. The molecule has 0 aliphatic heterocycles. The van der Waals surface area contributed by atoms with E-state index in [1.54, 1.807) is 30.3 Å². The molecule has 0 unspecified atom stereocenters. The van der Waals surface area contributed by atoms with Crippen LogP contribution in [-0.2, 0) is 10.0 Å². The molecule has 0 radical (unpaired) electrons. The molecule has 100 valence electrons. The lowest BCUT2D eigenvalue weighted by Crippen LogP contribution is -2.13. The van der Waals surface area contributed by atoms with Gasteiger partial charge in [0, 0.05) is 8.04 Å². The van der Waals surface area contributed by atoms with Gasteiger partial charge < -0.3 is 0 Å². The summed E-state index contributed by atoms with van der Waals surface area (Å²) in [6.07, 6.45) is 0. The Hall–Kier alpha value is -0.310. The minimum atomic E-state index is -3.68. The minimum Gasteiger partial charge on any atom is -0.280 e. The molecule has 0 saturated carbocycles. The lowest BCUT2D eigenvalue weighted by Gasteiger charge is -2.10. The second-order valence-electron chi connectivity index (χ2n) is 3.66. The third kappa shape index (κ3) is 3.62. The Morgan fingerprint density at radius 1 is 1.16 bits per heavy atom. The van der Waals surface area contributed by atoms with Gasteiger partial charge >= 0.3 is 0 Å². The fourth-order valence-electron chi connectivity index (χ4n) is 1.43. The van der Waals surface area contributed by atoms with Gasteiger partial charge in [-0.1, -0.05) is 23.7 Å². The standard InChI is InChI=1S/C12H8BrClINO2S/c13-9-7-8(5-6-11(9)15)16-19(17,18)12-4-2-1-3-10(12)14/h1-7,16H. The highest BCUT2D eigenvalue weighted by molar-refractivity contribution is 14.1. The van der Waals surface area contributed by atoms with Crippen LogP contribution >= 0.6 is 50.1 Å². The number of benzene rings is 2. The van der Waals surface area contributed by atoms with Crippen molar-refractivity contribution in [1.82, 2.24) is 0 Å². The first-order chi connectivity index (χ1) is 8.90. The first-order valence-corrected chi connectivity index (χ1v) is 8.86. The van der Waals surface area contributed by atoms with Crippen LogP contribution in [0.2, 0.25) is 5.02 Å². The largest absolute Gasteiger partial charge is 0.280 e. The molecule has 0 spiro atoms. The van der Waals surface area contributed by atoms with Crippen molar-refractivity contribution in [3.05, 3.63) is 55.5 Å². The van der Waals surface area contributed by atoms with Crippen molar-refractivity contribution in [3.63, 3.8) is 0 Å². The van der Waals surface area contributed by atoms with E-state index in [9.17, 15) is 8.42 Å². The Bertz CT molecular complexity index is 721. The van der Waals surface area contributed by atoms with Crippen molar-refractivity contribution >= 4 is 65.8 Å². The fourth-order valence-corrected chi connectivity index (χ4v) is 3.72. The molecule has 7 heteroatoms. The third-order valence-corrected chi connectivity index (χ3v) is 6.52. The van der Waals surface area contributed by atoms with Crippen LogP contribution < -0.4 is 4.72 Å². The van der Waals surface area contributed by atoms with Crippen LogP contribution in [0.4, 0.5) is 5.69 Å². The Labute approximate surface area is 138 Å². The van der Waals surface area contributed by atoms with Crippen LogP contribution in [-0.4, -0.2) is 8.42 Å². The molecule has 0 bridgehead atoms. The van der Waals surface area contributed by atoms with E-state index in [-0.39, 0.29) is 9.92 Å². The molecule has 0 saturated heterocycles. The Kier molecular flexibility index (Phi) is 4.75. The van der Waals surface area contributed by atoms with E-state index >= 15 is 0 Å². The second-order valence-corrected chi connectivity index (χ2v) is 7.74. The summed E-state index contributed by atoms with van der Waals surface area (Å²) in [6, 6.07) is 11.5. The predicted molar refractivity (Wildman–Crippen MR) is 89.1 cm³/mol. The zero-order valence-corrected chi connectivity index (χ0v) is 14.7. The van der Waals surface area contributed by atoms with Crippen molar-refractivity contribution in [3.8, 4) is 0 Å². The summed E-state index contributed by atoms with van der Waals surface area (Å²) in [5.41, 5.74) is 0.479. The molecule has 2 rings (SSSR count). The smallest absolute Gasteiger partial charge is 0.263 e. The van der Waals surface area contributed by atoms with Gasteiger partial charge in [0.25, 0.3) is 10.0 Å². The van der Waals surface area contributed by atoms with Gasteiger partial charge in [-0.3, -0.25) is 4.72 Å². The van der Waals surface area contributed by atoms with Gasteiger partial charge in [-0.2, -0.15) is 0 Å². The lowest BCUT2D eigenvalue weighted by molar-refractivity contribution is 0.601. The SMILES string of the molecule is O=S(=O)(Nc1ccc(I)c(Br)c1)c1ccccc1Cl. The van der Waals surface area contributed by atoms with Crippen molar-refractivity contribution in [2.24, 2.45) is 0 Å². The van der Waals surface area contributed by atoms with Crippen LogP contribution in [0.5, 0.6) is 0 Å². The van der Waals surface area contributed by atoms with Gasteiger partial charge in [-0.15, -0.1) is 0 Å². The quantitative estimate of drug-likeness (QED) is 0.669. The highest BCUT2D eigenvalue weighted by Crippen LogP contribution is 2.26. The molecule has 0 aliphatic rings. The number of hydrogen-bond acceptors (Lipinski definition) is 2. The molecule has 0 heterocycles. The van der Waals surface area contributed by atoms with Crippen molar-refractivity contribution in [1.29, 1.82) is 0 Å². The molecule has 0 aromatic heterocycles. The van der Waals surface area contributed by atoms with Gasteiger partial charge in [0.1, 0.15) is 4.90 Å². The Morgan fingerprint density at radius 2 is 1.84 bits per heavy atom. The predicted octanol–water partition coefficient (Wildman–Crippen LogP) is 4.51. The van der Waals surface area contributed by atoms with E-state index < -0.39 is 10.0 Å². The molecule has 2 aromatic rings. The molecule has 0 atom stereocenters. The number of halogens is 3. The Morgan fingerprint density at radius 3 is 2.47 bits per heavy atom. The molecular weight excluding hydrogens is 464 g/mol. The van der Waals surface area contributed by atoms with Crippen LogP contribution in [0, 0.1) is 3.57 Å². The molecule has 1 N–H and O–H groups in total. The molecular formula is C12H8BrClINO2S. The Balaban J connectivity index is 2.37. The number of hydrogen-bond donors (Lipinski definition) is 1. The number of sulfonamides is 1. The van der Waals surface area contributed by atoms with E-state index in [1.807, 2.05) is 6.07 Å². The lowest BCUT2D eigenvalue weighted by atomic mass is 10.3. The zero-order valence-electron chi connectivity index (χ0n) is 9.40. The average molecular weight is 473 g/mol. The van der Waals surface area contributed by atoms with Crippen LogP contribution in [0.1, 0.15) is 0 Å². The molecule has 19 heavy (non-hydrogen) atoms. The molecule has 2 aromatic carbocycles. The van der Waals surface area contributed by atoms with Crippen LogP contribution in [0.25, 0.3) is 0 Å². The second kappa shape index (κ2) is 5.99. The van der Waals surface area contributed by atoms with Gasteiger partial charge in [-0.05, 0) is 68.9 Å². The molecule has 0 amide bonds. The summed E-state index contributed by atoms with van der Waals surface area (Å²) < 4.78 is 28.7. The van der Waals surface area contributed by atoms with E-state index in [0.29, 0.717) is 5.69 Å². The maximum atomic E-state index is 12.2. The molecule has 0 aliphatic carbocycles. The first-order valence-electron chi connectivity index (χ1n) is 5.12. The van der Waals surface area contributed by atoms with Gasteiger partial charge in [-0.25, -0.2) is 8.42 Å². The van der Waals surface area contributed by atoms with E-state index in [2.05, 4.69) is 43.2 Å². The number of rotatable bonds is 3. The van der Waals surface area contributed by atoms with Crippen molar-refractivity contribution < 1.29 is 8.42 Å². The summed E-state index contributed by atoms with van der Waals surface area (Å²) >= 11 is 11.4. The van der Waals surface area contributed by atoms with Gasteiger partial charge in [0.05, 0.1) is 10.7 Å². The summed E-state index contributed by atoms with van der Waals surface area (Å²) in [6.45, 7) is 0. The number of anilines is 1. The molecule has 0 fully saturated rings. The number of nitrogens with one attached hydrogen (secondary N) is 1. The van der Waals surface area contributed by atoms with Crippen LogP contribution in [0.15, 0.2) is 51.8 Å². The summed E-state index contributed by atoms with van der Waals surface area (Å²) in [4.78, 5) is 0.0614. The molecule has 3 nitrogen and oxygen atoms in total. The topological polar surface area (TPSA) is 46.2 Å². The van der Waals surface area contributed by atoms with Crippen molar-refractivity contribution in [2.75, 3.05) is 4.72 Å². The first kappa shape index (κ1) is 15.1. The van der Waals surface area contributed by atoms with E-state index in [1.165, 1.54) is 6.07 Å². The van der Waals surface area contributed by atoms with E-state index in [0.717, 1.165) is 8.04 Å². The summed E-state index contributed by atoms with van der Waals surface area (Å²) in [7, 11) is -3.68. The van der Waals surface area contributed by atoms with Gasteiger partial charge in [0.2, 0.25) is 0 Å². The summed E-state index contributed by atoms with van der Waals surface area (Å²) in [5.74, 6) is 0. The van der Waals surface area contributed by atoms with Crippen LogP contribution in [0.3, 0.4) is 0 Å². The van der Waals surface area contributed by atoms with E-state index in [4.69, 9.17) is 11.6 Å². The highest BCUT2D eigenvalue weighted by Gasteiger charge is 2.17. The zero-order chi connectivity index (χ0) is 14.0.